The fraction of sp³-hybridized carbons (Fsp3) is 0.273. The van der Waals surface area contributed by atoms with E-state index in [4.69, 9.17) is 0 Å². The zero-order chi connectivity index (χ0) is 10.1. The molecule has 0 atom stereocenters. The van der Waals surface area contributed by atoms with E-state index in [9.17, 15) is 0 Å². The van der Waals surface area contributed by atoms with Gasteiger partial charge < -0.3 is 0 Å². The van der Waals surface area contributed by atoms with Gasteiger partial charge in [0.05, 0.1) is 0 Å². The Balaban J connectivity index is 2.54. The maximum Gasteiger partial charge on any atom is 0.134 e. The molecule has 0 radical (unpaired) electrons. The van der Waals surface area contributed by atoms with Gasteiger partial charge in [-0.15, -0.1) is 10.2 Å². The third-order valence-corrected chi connectivity index (χ3v) is 2.28. The van der Waals surface area contributed by atoms with Crippen LogP contribution in [0.15, 0.2) is 24.3 Å². The number of nitrogens with zero attached hydrogens (tertiary/aromatic N) is 3. The highest BCUT2D eigenvalue weighted by Gasteiger charge is 2.05. The standard InChI is InChI=1S/C11H13N3/c1-8-4-6-11(7-5-8)14-9(2)12-13-10(14)3/h4-7H,1-3H3. The third kappa shape index (κ3) is 1.41. The molecule has 0 N–H and O–H groups in total. The number of hydrogen-bond acceptors (Lipinski definition) is 2. The summed E-state index contributed by atoms with van der Waals surface area (Å²) in [6, 6.07) is 8.35. The van der Waals surface area contributed by atoms with Gasteiger partial charge in [-0.2, -0.15) is 0 Å². The Morgan fingerprint density at radius 3 is 1.86 bits per heavy atom. The highest BCUT2D eigenvalue weighted by molar-refractivity contribution is 5.36. The van der Waals surface area contributed by atoms with E-state index in [1.54, 1.807) is 0 Å². The van der Waals surface area contributed by atoms with Crippen LogP contribution in [-0.2, 0) is 0 Å². The van der Waals surface area contributed by atoms with Gasteiger partial charge in [0.2, 0.25) is 0 Å². The van der Waals surface area contributed by atoms with Gasteiger partial charge in [0.25, 0.3) is 0 Å². The zero-order valence-electron chi connectivity index (χ0n) is 8.65. The van der Waals surface area contributed by atoms with E-state index in [-0.39, 0.29) is 0 Å². The van der Waals surface area contributed by atoms with Crippen molar-refractivity contribution < 1.29 is 0 Å². The Kier molecular flexibility index (Phi) is 2.08. The molecule has 1 heterocycles. The van der Waals surface area contributed by atoms with Crippen LogP contribution >= 0.6 is 0 Å². The largest absolute Gasteiger partial charge is 0.283 e. The second-order valence-corrected chi connectivity index (χ2v) is 3.47. The summed E-state index contributed by atoms with van der Waals surface area (Å²) in [5.41, 5.74) is 2.38. The lowest BCUT2D eigenvalue weighted by atomic mass is 10.2. The van der Waals surface area contributed by atoms with Gasteiger partial charge >= 0.3 is 0 Å². The topological polar surface area (TPSA) is 30.7 Å². The Morgan fingerprint density at radius 2 is 1.36 bits per heavy atom. The van der Waals surface area contributed by atoms with Crippen LogP contribution in [0.1, 0.15) is 17.2 Å². The molecule has 2 rings (SSSR count). The van der Waals surface area contributed by atoms with E-state index in [0.29, 0.717) is 0 Å². The third-order valence-electron chi connectivity index (χ3n) is 2.28. The molecule has 0 aliphatic carbocycles. The van der Waals surface area contributed by atoms with E-state index in [1.165, 1.54) is 5.56 Å². The molecule has 0 aliphatic rings. The fourth-order valence-corrected chi connectivity index (χ4v) is 1.54. The molecule has 0 saturated heterocycles. The normalized spacial score (nSPS) is 10.5. The lowest BCUT2D eigenvalue weighted by Gasteiger charge is -2.05. The maximum absolute atomic E-state index is 4.03. The first-order chi connectivity index (χ1) is 6.68. The predicted octanol–water partition coefficient (Wildman–Crippen LogP) is 2.19. The molecule has 0 bridgehead atoms. The van der Waals surface area contributed by atoms with Crippen LogP contribution in [-0.4, -0.2) is 14.8 Å². The van der Waals surface area contributed by atoms with Crippen molar-refractivity contribution in [1.82, 2.24) is 14.8 Å². The van der Waals surface area contributed by atoms with Gasteiger partial charge in [0, 0.05) is 5.69 Å². The Morgan fingerprint density at radius 1 is 0.857 bits per heavy atom. The zero-order valence-corrected chi connectivity index (χ0v) is 8.65. The smallest absolute Gasteiger partial charge is 0.134 e. The van der Waals surface area contributed by atoms with Crippen molar-refractivity contribution in [3.8, 4) is 5.69 Å². The first kappa shape index (κ1) is 8.94. The number of benzene rings is 1. The first-order valence-corrected chi connectivity index (χ1v) is 4.64. The number of rotatable bonds is 1. The van der Waals surface area contributed by atoms with Gasteiger partial charge in [0.1, 0.15) is 11.6 Å². The summed E-state index contributed by atoms with van der Waals surface area (Å²) in [6.45, 7) is 6.00. The minimum Gasteiger partial charge on any atom is -0.283 e. The molecular formula is C11H13N3. The molecule has 1 aromatic carbocycles. The summed E-state index contributed by atoms with van der Waals surface area (Å²) in [5.74, 6) is 1.85. The lowest BCUT2D eigenvalue weighted by molar-refractivity contribution is 0.937. The highest BCUT2D eigenvalue weighted by atomic mass is 15.3. The Labute approximate surface area is 83.4 Å². The summed E-state index contributed by atoms with van der Waals surface area (Å²) >= 11 is 0. The fourth-order valence-electron chi connectivity index (χ4n) is 1.54. The van der Waals surface area contributed by atoms with Crippen LogP contribution in [0.5, 0.6) is 0 Å². The molecule has 0 amide bonds. The molecule has 3 heteroatoms. The molecule has 14 heavy (non-hydrogen) atoms. The first-order valence-electron chi connectivity index (χ1n) is 4.64. The second-order valence-electron chi connectivity index (χ2n) is 3.47. The predicted molar refractivity (Wildman–Crippen MR) is 55.6 cm³/mol. The van der Waals surface area contributed by atoms with Gasteiger partial charge in [-0.1, -0.05) is 17.7 Å². The van der Waals surface area contributed by atoms with Gasteiger partial charge in [0.15, 0.2) is 0 Å². The molecule has 0 unspecified atom stereocenters. The van der Waals surface area contributed by atoms with Gasteiger partial charge in [-0.3, -0.25) is 4.57 Å². The van der Waals surface area contributed by atoms with E-state index in [0.717, 1.165) is 17.3 Å². The van der Waals surface area contributed by atoms with Crippen LogP contribution in [0, 0.1) is 20.8 Å². The SMILES string of the molecule is Cc1ccc(-n2c(C)nnc2C)cc1. The van der Waals surface area contributed by atoms with Crippen molar-refractivity contribution in [2.24, 2.45) is 0 Å². The molecule has 2 aromatic rings. The van der Waals surface area contributed by atoms with E-state index in [1.807, 2.05) is 18.4 Å². The number of hydrogen-bond donors (Lipinski definition) is 0. The van der Waals surface area contributed by atoms with Crippen molar-refractivity contribution in [2.75, 3.05) is 0 Å². The van der Waals surface area contributed by atoms with Crippen LogP contribution in [0.25, 0.3) is 5.69 Å². The molecule has 3 nitrogen and oxygen atoms in total. The molecular weight excluding hydrogens is 174 g/mol. The maximum atomic E-state index is 4.03. The summed E-state index contributed by atoms with van der Waals surface area (Å²) in [7, 11) is 0. The summed E-state index contributed by atoms with van der Waals surface area (Å²) < 4.78 is 2.04. The highest BCUT2D eigenvalue weighted by Crippen LogP contribution is 2.12. The van der Waals surface area contributed by atoms with Crippen LogP contribution in [0.2, 0.25) is 0 Å². The molecule has 1 aromatic heterocycles. The minimum atomic E-state index is 0.923. The average Bonchev–Trinajstić information content (AvgIpc) is 2.49. The van der Waals surface area contributed by atoms with Gasteiger partial charge in [-0.05, 0) is 32.9 Å². The van der Waals surface area contributed by atoms with E-state index < -0.39 is 0 Å². The molecule has 0 aliphatic heterocycles. The average molecular weight is 187 g/mol. The van der Waals surface area contributed by atoms with Crippen LogP contribution < -0.4 is 0 Å². The molecule has 0 saturated carbocycles. The van der Waals surface area contributed by atoms with Crippen LogP contribution in [0.4, 0.5) is 0 Å². The van der Waals surface area contributed by atoms with Crippen molar-refractivity contribution in [3.05, 3.63) is 41.5 Å². The minimum absolute atomic E-state index is 0.923. The summed E-state index contributed by atoms with van der Waals surface area (Å²) in [6.07, 6.45) is 0. The second kappa shape index (κ2) is 3.25. The monoisotopic (exact) mass is 187 g/mol. The van der Waals surface area contributed by atoms with Gasteiger partial charge in [-0.25, -0.2) is 0 Å². The number of aromatic nitrogens is 3. The summed E-state index contributed by atoms with van der Waals surface area (Å²) in [5, 5.41) is 8.06. The van der Waals surface area contributed by atoms with Crippen LogP contribution in [0.3, 0.4) is 0 Å². The molecule has 0 spiro atoms. The van der Waals surface area contributed by atoms with Crippen molar-refractivity contribution in [2.45, 2.75) is 20.8 Å². The Hall–Kier alpha value is -1.64. The summed E-state index contributed by atoms with van der Waals surface area (Å²) in [4.78, 5) is 0. The van der Waals surface area contributed by atoms with Crippen molar-refractivity contribution >= 4 is 0 Å². The van der Waals surface area contributed by atoms with E-state index in [2.05, 4.69) is 41.4 Å². The number of aryl methyl sites for hydroxylation is 3. The Bertz CT molecular complexity index is 421. The van der Waals surface area contributed by atoms with Crippen molar-refractivity contribution in [1.29, 1.82) is 0 Å². The van der Waals surface area contributed by atoms with Crippen molar-refractivity contribution in [3.63, 3.8) is 0 Å². The quantitative estimate of drug-likeness (QED) is 0.685. The van der Waals surface area contributed by atoms with E-state index >= 15 is 0 Å². The molecule has 72 valence electrons. The molecule has 0 fully saturated rings. The lowest BCUT2D eigenvalue weighted by Crippen LogP contribution is -1.99.